The molecule has 3 nitrogen and oxygen atoms in total. The number of hydrogen-bond donors (Lipinski definition) is 2. The lowest BCUT2D eigenvalue weighted by molar-refractivity contribution is 0.923. The van der Waals surface area contributed by atoms with Gasteiger partial charge < -0.3 is 11.1 Å². The Bertz CT molecular complexity index is 318. The maximum absolute atomic E-state index is 5.62. The van der Waals surface area contributed by atoms with Crippen LogP contribution in [0.3, 0.4) is 0 Å². The summed E-state index contributed by atoms with van der Waals surface area (Å²) in [7, 11) is 0. The standard InChI is InChI=1S/C11H17N3/c1-3-13-11(12)14-8-10-7-5-4-6-9(10)2/h4-7H,3,8H2,1-2H3,(H3,12,13,14). The molecule has 76 valence electrons. The molecule has 0 fully saturated rings. The van der Waals surface area contributed by atoms with Crippen LogP contribution in [-0.2, 0) is 6.54 Å². The molecule has 3 N–H and O–H groups in total. The molecule has 0 aliphatic rings. The number of hydrogen-bond acceptors (Lipinski definition) is 1. The molecule has 0 saturated heterocycles. The van der Waals surface area contributed by atoms with Gasteiger partial charge in [0.25, 0.3) is 0 Å². The molecule has 0 atom stereocenters. The number of rotatable bonds is 3. The third-order valence-corrected chi connectivity index (χ3v) is 2.04. The van der Waals surface area contributed by atoms with Crippen LogP contribution in [0.4, 0.5) is 0 Å². The van der Waals surface area contributed by atoms with Gasteiger partial charge in [0.2, 0.25) is 0 Å². The molecular weight excluding hydrogens is 174 g/mol. The lowest BCUT2D eigenvalue weighted by Crippen LogP contribution is -2.31. The Morgan fingerprint density at radius 1 is 1.43 bits per heavy atom. The highest BCUT2D eigenvalue weighted by Gasteiger charge is 1.95. The average molecular weight is 191 g/mol. The van der Waals surface area contributed by atoms with Crippen molar-refractivity contribution in [3.63, 3.8) is 0 Å². The first-order chi connectivity index (χ1) is 6.74. The van der Waals surface area contributed by atoms with Crippen molar-refractivity contribution in [2.24, 2.45) is 10.7 Å². The maximum atomic E-state index is 5.62. The second kappa shape index (κ2) is 5.27. The Morgan fingerprint density at radius 2 is 2.14 bits per heavy atom. The minimum Gasteiger partial charge on any atom is -0.370 e. The zero-order valence-corrected chi connectivity index (χ0v) is 8.75. The van der Waals surface area contributed by atoms with E-state index in [1.54, 1.807) is 0 Å². The van der Waals surface area contributed by atoms with E-state index in [0.717, 1.165) is 6.54 Å². The molecule has 1 rings (SSSR count). The van der Waals surface area contributed by atoms with Gasteiger partial charge in [0.15, 0.2) is 5.96 Å². The second-order valence-corrected chi connectivity index (χ2v) is 3.16. The fourth-order valence-corrected chi connectivity index (χ4v) is 1.19. The van der Waals surface area contributed by atoms with Crippen LogP contribution in [0.25, 0.3) is 0 Å². The van der Waals surface area contributed by atoms with E-state index in [-0.39, 0.29) is 0 Å². The van der Waals surface area contributed by atoms with E-state index in [1.807, 2.05) is 19.1 Å². The average Bonchev–Trinajstić information content (AvgIpc) is 2.17. The number of nitrogens with one attached hydrogen (secondary N) is 1. The Morgan fingerprint density at radius 3 is 2.79 bits per heavy atom. The molecule has 1 aromatic rings. The van der Waals surface area contributed by atoms with Crippen molar-refractivity contribution in [3.05, 3.63) is 35.4 Å². The van der Waals surface area contributed by atoms with E-state index in [0.29, 0.717) is 12.5 Å². The zero-order chi connectivity index (χ0) is 10.4. The molecule has 0 bridgehead atoms. The number of benzene rings is 1. The van der Waals surface area contributed by atoms with Crippen molar-refractivity contribution < 1.29 is 0 Å². The molecular formula is C11H17N3. The predicted octanol–water partition coefficient (Wildman–Crippen LogP) is 1.42. The molecule has 1 aromatic carbocycles. The van der Waals surface area contributed by atoms with E-state index < -0.39 is 0 Å². The number of nitrogens with zero attached hydrogens (tertiary/aromatic N) is 1. The van der Waals surface area contributed by atoms with E-state index in [2.05, 4.69) is 29.4 Å². The maximum Gasteiger partial charge on any atom is 0.188 e. The van der Waals surface area contributed by atoms with Crippen molar-refractivity contribution in [2.45, 2.75) is 20.4 Å². The molecule has 0 radical (unpaired) electrons. The van der Waals surface area contributed by atoms with Gasteiger partial charge in [-0.3, -0.25) is 0 Å². The molecule has 0 aromatic heterocycles. The van der Waals surface area contributed by atoms with E-state index in [9.17, 15) is 0 Å². The molecule has 0 saturated carbocycles. The van der Waals surface area contributed by atoms with Crippen molar-refractivity contribution in [1.29, 1.82) is 0 Å². The normalized spacial score (nSPS) is 11.4. The quantitative estimate of drug-likeness (QED) is 0.561. The highest BCUT2D eigenvalue weighted by molar-refractivity contribution is 5.77. The molecule has 0 amide bonds. The topological polar surface area (TPSA) is 50.4 Å². The Kier molecular flexibility index (Phi) is 3.98. The first-order valence-corrected chi connectivity index (χ1v) is 4.82. The summed E-state index contributed by atoms with van der Waals surface area (Å²) < 4.78 is 0. The van der Waals surface area contributed by atoms with E-state index >= 15 is 0 Å². The van der Waals surface area contributed by atoms with Gasteiger partial charge in [0, 0.05) is 6.54 Å². The Balaban J connectivity index is 2.61. The minimum absolute atomic E-state index is 0.510. The van der Waals surface area contributed by atoms with Crippen LogP contribution in [0, 0.1) is 6.92 Å². The molecule has 0 aliphatic heterocycles. The Labute approximate surface area is 85.0 Å². The van der Waals surface area contributed by atoms with Gasteiger partial charge in [0.05, 0.1) is 6.54 Å². The highest BCUT2D eigenvalue weighted by atomic mass is 15.1. The number of nitrogens with two attached hydrogens (primary N) is 1. The SMILES string of the molecule is CCNC(N)=NCc1ccccc1C. The third kappa shape index (κ3) is 3.09. The van der Waals surface area contributed by atoms with Gasteiger partial charge >= 0.3 is 0 Å². The number of aryl methyl sites for hydroxylation is 1. The first kappa shape index (κ1) is 10.6. The second-order valence-electron chi connectivity index (χ2n) is 3.16. The highest BCUT2D eigenvalue weighted by Crippen LogP contribution is 2.07. The molecule has 0 aliphatic carbocycles. The summed E-state index contributed by atoms with van der Waals surface area (Å²) in [5, 5.41) is 2.96. The van der Waals surface area contributed by atoms with Crippen molar-refractivity contribution >= 4 is 5.96 Å². The lowest BCUT2D eigenvalue weighted by atomic mass is 10.1. The van der Waals surface area contributed by atoms with Crippen LogP contribution in [0.1, 0.15) is 18.1 Å². The van der Waals surface area contributed by atoms with E-state index in [1.165, 1.54) is 11.1 Å². The summed E-state index contributed by atoms with van der Waals surface area (Å²) in [6.45, 7) is 5.53. The largest absolute Gasteiger partial charge is 0.370 e. The molecule has 0 spiro atoms. The van der Waals surface area contributed by atoms with Gasteiger partial charge in [-0.25, -0.2) is 4.99 Å². The van der Waals surface area contributed by atoms with E-state index in [4.69, 9.17) is 5.73 Å². The Hall–Kier alpha value is -1.51. The molecule has 3 heteroatoms. The summed E-state index contributed by atoms with van der Waals surface area (Å²) in [5.74, 6) is 0.510. The summed E-state index contributed by atoms with van der Waals surface area (Å²) in [6, 6.07) is 8.18. The fraction of sp³-hybridized carbons (Fsp3) is 0.364. The van der Waals surface area contributed by atoms with Crippen LogP contribution >= 0.6 is 0 Å². The summed E-state index contributed by atoms with van der Waals surface area (Å²) in [6.07, 6.45) is 0. The summed E-state index contributed by atoms with van der Waals surface area (Å²) in [4.78, 5) is 4.23. The van der Waals surface area contributed by atoms with Crippen molar-refractivity contribution in [1.82, 2.24) is 5.32 Å². The smallest absolute Gasteiger partial charge is 0.188 e. The van der Waals surface area contributed by atoms with Crippen LogP contribution in [0.15, 0.2) is 29.3 Å². The molecule has 0 heterocycles. The molecule has 14 heavy (non-hydrogen) atoms. The van der Waals surface area contributed by atoms with Gasteiger partial charge in [-0.1, -0.05) is 24.3 Å². The number of guanidine groups is 1. The predicted molar refractivity (Wildman–Crippen MR) is 60.2 cm³/mol. The first-order valence-electron chi connectivity index (χ1n) is 4.82. The van der Waals surface area contributed by atoms with Crippen LogP contribution < -0.4 is 11.1 Å². The fourth-order valence-electron chi connectivity index (χ4n) is 1.19. The zero-order valence-electron chi connectivity index (χ0n) is 8.75. The van der Waals surface area contributed by atoms with Crippen LogP contribution in [0.5, 0.6) is 0 Å². The van der Waals surface area contributed by atoms with Gasteiger partial charge in [-0.2, -0.15) is 0 Å². The van der Waals surface area contributed by atoms with Crippen molar-refractivity contribution in [3.8, 4) is 0 Å². The minimum atomic E-state index is 0.510. The molecule has 0 unspecified atom stereocenters. The van der Waals surface area contributed by atoms with Gasteiger partial charge in [0.1, 0.15) is 0 Å². The van der Waals surface area contributed by atoms with Crippen LogP contribution in [-0.4, -0.2) is 12.5 Å². The summed E-state index contributed by atoms with van der Waals surface area (Å²) >= 11 is 0. The van der Waals surface area contributed by atoms with Crippen LogP contribution in [0.2, 0.25) is 0 Å². The lowest BCUT2D eigenvalue weighted by Gasteiger charge is -2.04. The summed E-state index contributed by atoms with van der Waals surface area (Å²) in [5.41, 5.74) is 8.09. The monoisotopic (exact) mass is 191 g/mol. The van der Waals surface area contributed by atoms with Crippen molar-refractivity contribution in [2.75, 3.05) is 6.54 Å². The van der Waals surface area contributed by atoms with Gasteiger partial charge in [-0.15, -0.1) is 0 Å². The third-order valence-electron chi connectivity index (χ3n) is 2.04. The number of aliphatic imine (C=N–C) groups is 1. The van der Waals surface area contributed by atoms with Gasteiger partial charge in [-0.05, 0) is 25.0 Å².